The van der Waals surface area contributed by atoms with Gasteiger partial charge in [0.15, 0.2) is 0 Å². The molecule has 1 aliphatic rings. The van der Waals surface area contributed by atoms with Gasteiger partial charge in [0.25, 0.3) is 15.7 Å². The summed E-state index contributed by atoms with van der Waals surface area (Å²) in [6, 6.07) is 28.5. The lowest BCUT2D eigenvalue weighted by Gasteiger charge is -2.35. The number of sulfonamides is 1. The molecular formula is C36H37BrN4O6S. The number of hydrogen-bond donors (Lipinski definition) is 1. The van der Waals surface area contributed by atoms with Crippen molar-refractivity contribution in [2.24, 2.45) is 0 Å². The molecule has 0 saturated heterocycles. The summed E-state index contributed by atoms with van der Waals surface area (Å²) in [5, 5.41) is 14.9. The molecule has 0 heterocycles. The topological polar surface area (TPSA) is 130 Å². The second kappa shape index (κ2) is 16.0. The summed E-state index contributed by atoms with van der Waals surface area (Å²) in [6.45, 7) is -0.684. The van der Waals surface area contributed by atoms with Crippen molar-refractivity contribution in [2.45, 2.75) is 62.0 Å². The van der Waals surface area contributed by atoms with Gasteiger partial charge in [0.2, 0.25) is 11.8 Å². The molecule has 250 valence electrons. The van der Waals surface area contributed by atoms with Crippen LogP contribution in [-0.2, 0) is 32.6 Å². The van der Waals surface area contributed by atoms with Crippen molar-refractivity contribution in [3.63, 3.8) is 0 Å². The summed E-state index contributed by atoms with van der Waals surface area (Å²) < 4.78 is 29.9. The van der Waals surface area contributed by atoms with Crippen molar-refractivity contribution in [3.05, 3.63) is 135 Å². The molecule has 1 N–H and O–H groups in total. The molecule has 0 unspecified atom stereocenters. The number of rotatable bonds is 13. The molecule has 4 aromatic rings. The van der Waals surface area contributed by atoms with Crippen molar-refractivity contribution in [2.75, 3.05) is 10.8 Å². The normalized spacial score (nSPS) is 14.1. The Kier molecular flexibility index (Phi) is 11.6. The average molecular weight is 734 g/mol. The number of halogens is 1. The minimum Gasteiger partial charge on any atom is -0.352 e. The number of amides is 2. The van der Waals surface area contributed by atoms with Crippen LogP contribution in [0, 0.1) is 10.1 Å². The minimum atomic E-state index is -4.38. The molecular weight excluding hydrogens is 696 g/mol. The number of carbonyl (C=O) groups excluding carboxylic acids is 2. The van der Waals surface area contributed by atoms with Gasteiger partial charge in [-0.3, -0.25) is 24.0 Å². The van der Waals surface area contributed by atoms with Crippen molar-refractivity contribution in [3.8, 4) is 0 Å². The molecule has 1 aliphatic carbocycles. The largest absolute Gasteiger partial charge is 0.352 e. The third kappa shape index (κ3) is 8.87. The molecule has 1 fully saturated rings. The SMILES string of the molecule is O=C(NC1CCCCC1)[C@@H](Cc1ccccc1)N(Cc1cccc(Br)c1)C(=O)CN(c1cccc([N+](=O)[O-])c1)S(=O)(=O)c1ccccc1. The average Bonchev–Trinajstić information content (AvgIpc) is 3.10. The quantitative estimate of drug-likeness (QED) is 0.121. The predicted octanol–water partition coefficient (Wildman–Crippen LogP) is 6.64. The van der Waals surface area contributed by atoms with E-state index in [1.807, 2.05) is 54.6 Å². The Bertz CT molecular complexity index is 1840. The molecule has 12 heteroatoms. The maximum atomic E-state index is 14.6. The zero-order valence-corrected chi connectivity index (χ0v) is 28.7. The van der Waals surface area contributed by atoms with E-state index in [1.165, 1.54) is 35.2 Å². The van der Waals surface area contributed by atoms with Crippen LogP contribution in [0.2, 0.25) is 0 Å². The van der Waals surface area contributed by atoms with E-state index in [9.17, 15) is 28.1 Å². The lowest BCUT2D eigenvalue weighted by Crippen LogP contribution is -2.55. The van der Waals surface area contributed by atoms with Crippen LogP contribution in [0.1, 0.15) is 43.2 Å². The zero-order valence-electron chi connectivity index (χ0n) is 26.3. The number of nitro groups is 1. The highest BCUT2D eigenvalue weighted by atomic mass is 79.9. The van der Waals surface area contributed by atoms with Crippen LogP contribution in [0.25, 0.3) is 0 Å². The van der Waals surface area contributed by atoms with Crippen LogP contribution >= 0.6 is 15.9 Å². The zero-order chi connectivity index (χ0) is 34.1. The van der Waals surface area contributed by atoms with Crippen molar-refractivity contribution in [1.82, 2.24) is 10.2 Å². The molecule has 0 bridgehead atoms. The fraction of sp³-hybridized carbons (Fsp3) is 0.278. The smallest absolute Gasteiger partial charge is 0.271 e. The fourth-order valence-corrected chi connectivity index (χ4v) is 7.81. The molecule has 2 amide bonds. The van der Waals surface area contributed by atoms with Gasteiger partial charge in [-0.2, -0.15) is 0 Å². The summed E-state index contributed by atoms with van der Waals surface area (Å²) in [6.07, 6.45) is 5.01. The molecule has 0 aliphatic heterocycles. The first-order valence-electron chi connectivity index (χ1n) is 15.8. The van der Waals surface area contributed by atoms with Gasteiger partial charge >= 0.3 is 0 Å². The monoisotopic (exact) mass is 732 g/mol. The third-order valence-corrected chi connectivity index (χ3v) is 10.7. The van der Waals surface area contributed by atoms with Crippen LogP contribution in [0.3, 0.4) is 0 Å². The highest BCUT2D eigenvalue weighted by Crippen LogP contribution is 2.28. The number of non-ortho nitro benzene ring substituents is 1. The Hall–Kier alpha value is -4.55. The van der Waals surface area contributed by atoms with Gasteiger partial charge in [-0.15, -0.1) is 0 Å². The van der Waals surface area contributed by atoms with E-state index in [1.54, 1.807) is 18.2 Å². The number of anilines is 1. The molecule has 0 radical (unpaired) electrons. The van der Waals surface area contributed by atoms with E-state index in [-0.39, 0.29) is 41.2 Å². The molecule has 5 rings (SSSR count). The van der Waals surface area contributed by atoms with Crippen LogP contribution in [0.4, 0.5) is 11.4 Å². The maximum Gasteiger partial charge on any atom is 0.271 e. The van der Waals surface area contributed by atoms with Crippen LogP contribution in [0.5, 0.6) is 0 Å². The van der Waals surface area contributed by atoms with Crippen molar-refractivity contribution >= 4 is 49.1 Å². The second-order valence-corrected chi connectivity index (χ2v) is 14.6. The van der Waals surface area contributed by atoms with Gasteiger partial charge in [0, 0.05) is 35.6 Å². The molecule has 1 saturated carbocycles. The van der Waals surface area contributed by atoms with Gasteiger partial charge in [-0.1, -0.05) is 102 Å². The molecule has 0 spiro atoms. The maximum absolute atomic E-state index is 14.6. The molecule has 4 aromatic carbocycles. The Balaban J connectivity index is 1.58. The van der Waals surface area contributed by atoms with Gasteiger partial charge < -0.3 is 10.2 Å². The molecule has 1 atom stereocenters. The van der Waals surface area contributed by atoms with E-state index < -0.39 is 33.4 Å². The standard InChI is InChI=1S/C36H37BrN4O6S/c37-29-15-10-14-28(22-29)25-39(34(23-27-12-4-1-5-13-27)36(43)38-30-16-6-2-7-17-30)35(42)26-40(31-18-11-19-32(24-31)41(44)45)48(46,47)33-20-8-3-9-21-33/h1,3-5,8-15,18-22,24,30,34H,2,6-7,16-17,23,25-26H2,(H,38,43)/t34-/m1/s1. The van der Waals surface area contributed by atoms with E-state index in [2.05, 4.69) is 21.2 Å². The predicted molar refractivity (Wildman–Crippen MR) is 188 cm³/mol. The van der Waals surface area contributed by atoms with Gasteiger partial charge in [0.05, 0.1) is 15.5 Å². The van der Waals surface area contributed by atoms with Crippen molar-refractivity contribution in [1.29, 1.82) is 0 Å². The minimum absolute atomic E-state index is 0.0159. The summed E-state index contributed by atoms with van der Waals surface area (Å²) in [5.41, 5.74) is 1.19. The summed E-state index contributed by atoms with van der Waals surface area (Å²) in [5.74, 6) is -0.956. The number of benzene rings is 4. The highest BCUT2D eigenvalue weighted by Gasteiger charge is 2.35. The van der Waals surface area contributed by atoms with Crippen molar-refractivity contribution < 1.29 is 22.9 Å². The Morgan fingerprint density at radius 3 is 2.17 bits per heavy atom. The number of nitro benzene ring substituents is 1. The number of carbonyl (C=O) groups is 2. The first kappa shape index (κ1) is 34.8. The first-order chi connectivity index (χ1) is 23.1. The Labute approximate surface area is 289 Å². The van der Waals surface area contributed by atoms with Gasteiger partial charge in [0.1, 0.15) is 12.6 Å². The fourth-order valence-electron chi connectivity index (χ4n) is 5.94. The number of nitrogens with zero attached hydrogens (tertiary/aromatic N) is 3. The molecule has 10 nitrogen and oxygen atoms in total. The molecule has 48 heavy (non-hydrogen) atoms. The highest BCUT2D eigenvalue weighted by molar-refractivity contribution is 9.10. The summed E-state index contributed by atoms with van der Waals surface area (Å²) in [4.78, 5) is 41.2. The van der Waals surface area contributed by atoms with E-state index in [0.29, 0.717) is 0 Å². The Morgan fingerprint density at radius 1 is 0.854 bits per heavy atom. The summed E-state index contributed by atoms with van der Waals surface area (Å²) >= 11 is 3.49. The number of hydrogen-bond acceptors (Lipinski definition) is 6. The van der Waals surface area contributed by atoms with E-state index >= 15 is 0 Å². The first-order valence-corrected chi connectivity index (χ1v) is 18.1. The van der Waals surface area contributed by atoms with Crippen LogP contribution < -0.4 is 9.62 Å². The van der Waals surface area contributed by atoms with Gasteiger partial charge in [-0.25, -0.2) is 8.42 Å². The lowest BCUT2D eigenvalue weighted by atomic mass is 9.94. The van der Waals surface area contributed by atoms with E-state index in [0.717, 1.165) is 58.1 Å². The van der Waals surface area contributed by atoms with Crippen LogP contribution in [-0.4, -0.2) is 48.7 Å². The Morgan fingerprint density at radius 2 is 1.50 bits per heavy atom. The van der Waals surface area contributed by atoms with Gasteiger partial charge in [-0.05, 0) is 54.3 Å². The summed E-state index contributed by atoms with van der Waals surface area (Å²) in [7, 11) is -4.38. The third-order valence-electron chi connectivity index (χ3n) is 8.40. The second-order valence-electron chi connectivity index (χ2n) is 11.8. The number of nitrogens with one attached hydrogen (secondary N) is 1. The lowest BCUT2D eigenvalue weighted by molar-refractivity contribution is -0.384. The van der Waals surface area contributed by atoms with Crippen LogP contribution in [0.15, 0.2) is 119 Å². The van der Waals surface area contributed by atoms with E-state index in [4.69, 9.17) is 0 Å². The molecule has 0 aromatic heterocycles.